The van der Waals surface area contributed by atoms with Crippen LogP contribution in [0.1, 0.15) is 32.0 Å². The highest BCUT2D eigenvalue weighted by Crippen LogP contribution is 2.36. The predicted molar refractivity (Wildman–Crippen MR) is 131 cm³/mol. The van der Waals surface area contributed by atoms with Gasteiger partial charge in [-0.3, -0.25) is 4.79 Å². The number of carboxylic acid groups (broad SMARTS) is 1. The summed E-state index contributed by atoms with van der Waals surface area (Å²) >= 11 is 0. The van der Waals surface area contributed by atoms with Crippen LogP contribution < -0.4 is 16.0 Å². The van der Waals surface area contributed by atoms with Crippen molar-refractivity contribution < 1.29 is 23.9 Å². The number of urea groups is 1. The van der Waals surface area contributed by atoms with Crippen molar-refractivity contribution in [1.82, 2.24) is 15.3 Å². The van der Waals surface area contributed by atoms with Gasteiger partial charge in [-0.15, -0.1) is 0 Å². The van der Waals surface area contributed by atoms with Gasteiger partial charge in [-0.25, -0.2) is 19.0 Å². The molecular weight excluding hydrogens is 465 g/mol. The first-order valence-corrected chi connectivity index (χ1v) is 11.0. The number of anilines is 2. The second kappa shape index (κ2) is 8.99. The number of aromatic carboxylic acids is 1. The molecule has 0 saturated carbocycles. The van der Waals surface area contributed by atoms with Crippen LogP contribution in [0.2, 0.25) is 0 Å². The largest absolute Gasteiger partial charge is 0.478 e. The van der Waals surface area contributed by atoms with Gasteiger partial charge in [0.2, 0.25) is 0 Å². The Hall–Kier alpha value is -4.99. The van der Waals surface area contributed by atoms with Crippen molar-refractivity contribution in [2.24, 2.45) is 0 Å². The molecule has 3 aromatic carbocycles. The number of carboxylic acids is 1. The van der Waals surface area contributed by atoms with E-state index in [0.717, 1.165) is 5.69 Å². The van der Waals surface area contributed by atoms with E-state index in [1.807, 2.05) is 6.92 Å². The third-order valence-electron chi connectivity index (χ3n) is 5.81. The number of benzene rings is 3. The molecule has 1 aliphatic heterocycles. The third kappa shape index (κ3) is 4.27. The van der Waals surface area contributed by atoms with E-state index in [4.69, 9.17) is 5.11 Å². The zero-order valence-corrected chi connectivity index (χ0v) is 19.0. The molecule has 9 nitrogen and oxygen atoms in total. The van der Waals surface area contributed by atoms with Crippen molar-refractivity contribution in [3.05, 3.63) is 89.0 Å². The van der Waals surface area contributed by atoms with Gasteiger partial charge in [0.1, 0.15) is 11.6 Å². The Labute approximate surface area is 204 Å². The molecule has 0 saturated heterocycles. The molecule has 5 rings (SSSR count). The molecule has 2 heterocycles. The van der Waals surface area contributed by atoms with Crippen LogP contribution in [0.15, 0.2) is 60.8 Å². The topological polar surface area (TPSA) is 136 Å². The zero-order chi connectivity index (χ0) is 25.4. The third-order valence-corrected chi connectivity index (χ3v) is 5.81. The van der Waals surface area contributed by atoms with Gasteiger partial charge in [0, 0.05) is 40.9 Å². The number of nitrogens with one attached hydrogen (secondary N) is 4. The van der Waals surface area contributed by atoms with Crippen LogP contribution in [0.4, 0.5) is 20.6 Å². The van der Waals surface area contributed by atoms with Crippen molar-refractivity contribution in [3.63, 3.8) is 0 Å². The molecule has 36 heavy (non-hydrogen) atoms. The number of hydrogen-bond acceptors (Lipinski definition) is 4. The van der Waals surface area contributed by atoms with Gasteiger partial charge in [-0.05, 0) is 60.5 Å². The molecule has 0 radical (unpaired) electrons. The maximum absolute atomic E-state index is 15.2. The minimum atomic E-state index is -1.12. The molecule has 0 atom stereocenters. The Morgan fingerprint density at radius 2 is 1.72 bits per heavy atom. The van der Waals surface area contributed by atoms with E-state index in [-0.39, 0.29) is 35.0 Å². The lowest BCUT2D eigenvalue weighted by Crippen LogP contribution is -2.19. The van der Waals surface area contributed by atoms with Crippen LogP contribution in [0.25, 0.3) is 22.5 Å². The average molecular weight is 485 g/mol. The fourth-order valence-electron chi connectivity index (χ4n) is 4.18. The van der Waals surface area contributed by atoms with E-state index in [9.17, 15) is 14.4 Å². The lowest BCUT2D eigenvalue weighted by atomic mass is 9.92. The lowest BCUT2D eigenvalue weighted by Gasteiger charge is -2.13. The Morgan fingerprint density at radius 1 is 1.00 bits per heavy atom. The van der Waals surface area contributed by atoms with Crippen molar-refractivity contribution >= 4 is 29.3 Å². The normalized spacial score (nSPS) is 12.1. The molecule has 10 heteroatoms. The van der Waals surface area contributed by atoms with Crippen molar-refractivity contribution in [3.8, 4) is 22.5 Å². The van der Waals surface area contributed by atoms with Crippen LogP contribution in [0.5, 0.6) is 0 Å². The highest BCUT2D eigenvalue weighted by Gasteiger charge is 2.28. The zero-order valence-electron chi connectivity index (χ0n) is 19.0. The molecule has 1 aromatic heterocycles. The summed E-state index contributed by atoms with van der Waals surface area (Å²) in [5, 5.41) is 16.9. The molecule has 4 aromatic rings. The van der Waals surface area contributed by atoms with Gasteiger partial charge in [0.15, 0.2) is 0 Å². The number of aromatic nitrogens is 2. The quantitative estimate of drug-likeness (QED) is 0.277. The van der Waals surface area contributed by atoms with E-state index in [0.29, 0.717) is 28.1 Å². The maximum Gasteiger partial charge on any atom is 0.335 e. The van der Waals surface area contributed by atoms with E-state index >= 15 is 4.39 Å². The molecule has 0 fully saturated rings. The van der Waals surface area contributed by atoms with E-state index in [1.54, 1.807) is 30.5 Å². The molecule has 1 aliphatic rings. The summed E-state index contributed by atoms with van der Waals surface area (Å²) in [4.78, 5) is 43.5. The smallest absolute Gasteiger partial charge is 0.335 e. The first-order valence-electron chi connectivity index (χ1n) is 11.0. The molecular formula is C26H20FN5O4. The molecule has 0 spiro atoms. The fraction of sp³-hybridized carbons (Fsp3) is 0.0769. The molecule has 180 valence electrons. The number of amides is 3. The number of aryl methyl sites for hydroxylation is 1. The SMILES string of the molecule is Cc1cnc(-c2ccc(-c3ccc(NC(=O)Nc4cccc(C(=O)O)c4)cc3F)c3c2C(=O)NC3)[nH]1. The first-order chi connectivity index (χ1) is 17.3. The van der Waals surface area contributed by atoms with Gasteiger partial charge < -0.3 is 26.0 Å². The number of fused-ring (bicyclic) bond motifs is 1. The molecule has 5 N–H and O–H groups in total. The summed E-state index contributed by atoms with van der Waals surface area (Å²) in [5.41, 5.74) is 3.97. The van der Waals surface area contributed by atoms with E-state index < -0.39 is 17.8 Å². The van der Waals surface area contributed by atoms with Crippen molar-refractivity contribution in [2.75, 3.05) is 10.6 Å². The van der Waals surface area contributed by atoms with Gasteiger partial charge in [0.05, 0.1) is 11.1 Å². The van der Waals surface area contributed by atoms with Gasteiger partial charge in [-0.2, -0.15) is 0 Å². The van der Waals surface area contributed by atoms with E-state index in [2.05, 4.69) is 25.9 Å². The summed E-state index contributed by atoms with van der Waals surface area (Å²) in [6, 6.07) is 12.9. The average Bonchev–Trinajstić information content (AvgIpc) is 3.45. The monoisotopic (exact) mass is 485 g/mol. The minimum absolute atomic E-state index is 0.0249. The summed E-state index contributed by atoms with van der Waals surface area (Å²) in [6.07, 6.45) is 1.67. The molecule has 0 unspecified atom stereocenters. The number of rotatable bonds is 5. The molecule has 3 amide bonds. The lowest BCUT2D eigenvalue weighted by molar-refractivity contribution is 0.0696. The van der Waals surface area contributed by atoms with Gasteiger partial charge in [-0.1, -0.05) is 12.1 Å². The van der Waals surface area contributed by atoms with E-state index in [1.165, 1.54) is 30.3 Å². The number of nitrogens with zero attached hydrogens (tertiary/aromatic N) is 1. The second-order valence-corrected chi connectivity index (χ2v) is 8.27. The van der Waals surface area contributed by atoms with Crippen LogP contribution in [-0.2, 0) is 6.54 Å². The molecule has 0 aliphatic carbocycles. The summed E-state index contributed by atoms with van der Waals surface area (Å²) in [7, 11) is 0. The Kier molecular flexibility index (Phi) is 5.69. The number of imidazole rings is 1. The van der Waals surface area contributed by atoms with Crippen LogP contribution >= 0.6 is 0 Å². The Bertz CT molecular complexity index is 1550. The van der Waals surface area contributed by atoms with Gasteiger partial charge >= 0.3 is 12.0 Å². The second-order valence-electron chi connectivity index (χ2n) is 8.27. The number of carbonyl (C=O) groups is 3. The van der Waals surface area contributed by atoms with Crippen molar-refractivity contribution in [2.45, 2.75) is 13.5 Å². The Morgan fingerprint density at radius 3 is 2.42 bits per heavy atom. The highest BCUT2D eigenvalue weighted by atomic mass is 19.1. The number of halogens is 1. The van der Waals surface area contributed by atoms with Crippen LogP contribution in [0.3, 0.4) is 0 Å². The number of hydrogen-bond donors (Lipinski definition) is 5. The fourth-order valence-corrected chi connectivity index (χ4v) is 4.18. The first kappa shape index (κ1) is 22.8. The summed E-state index contributed by atoms with van der Waals surface area (Å²) < 4.78 is 15.2. The number of carbonyl (C=O) groups excluding carboxylic acids is 2. The maximum atomic E-state index is 15.2. The van der Waals surface area contributed by atoms with Crippen LogP contribution in [0, 0.1) is 12.7 Å². The highest BCUT2D eigenvalue weighted by molar-refractivity contribution is 6.06. The predicted octanol–water partition coefficient (Wildman–Crippen LogP) is 4.78. The summed E-state index contributed by atoms with van der Waals surface area (Å²) in [5.74, 6) is -1.39. The Balaban J connectivity index is 1.40. The standard InChI is InChI=1S/C26H20FN5O4/c1-13-11-28-23(30-13)19-8-7-17(20-12-29-24(33)22(19)20)18-6-5-16(10-21(18)27)32-26(36)31-15-4-2-3-14(9-15)25(34)35/h2-11H,12H2,1H3,(H,28,30)(H,29,33)(H,34,35)(H2,31,32,36). The minimum Gasteiger partial charge on any atom is -0.478 e. The van der Waals surface area contributed by atoms with Crippen molar-refractivity contribution in [1.29, 1.82) is 0 Å². The number of H-pyrrole nitrogens is 1. The van der Waals surface area contributed by atoms with Gasteiger partial charge in [0.25, 0.3) is 5.91 Å². The van der Waals surface area contributed by atoms with Crippen LogP contribution in [-0.4, -0.2) is 33.0 Å². The molecule has 0 bridgehead atoms. The summed E-state index contributed by atoms with van der Waals surface area (Å²) in [6.45, 7) is 2.12. The number of aromatic amines is 1.